The Hall–Kier alpha value is -2.39. The van der Waals surface area contributed by atoms with Crippen LogP contribution in [0.25, 0.3) is 0 Å². The summed E-state index contributed by atoms with van der Waals surface area (Å²) in [5.41, 5.74) is 4.84. The molecule has 4 rings (SSSR count). The molecule has 1 unspecified atom stereocenters. The summed E-state index contributed by atoms with van der Waals surface area (Å²) in [4.78, 5) is 17.8. The van der Waals surface area contributed by atoms with Crippen LogP contribution in [0.5, 0.6) is 0 Å². The molecule has 28 heavy (non-hydrogen) atoms. The molecule has 2 aliphatic rings. The van der Waals surface area contributed by atoms with Crippen LogP contribution >= 0.6 is 11.6 Å². The van der Waals surface area contributed by atoms with Gasteiger partial charge in [0.25, 0.3) is 0 Å². The second-order valence-electron chi connectivity index (χ2n) is 7.67. The number of aliphatic hydroxyl groups excluding tert-OH is 1. The van der Waals surface area contributed by atoms with Crippen molar-refractivity contribution in [2.24, 2.45) is 4.99 Å². The molecule has 0 bridgehead atoms. The van der Waals surface area contributed by atoms with Gasteiger partial charge < -0.3 is 5.11 Å². The Labute approximate surface area is 170 Å². The van der Waals surface area contributed by atoms with Crippen LogP contribution in [-0.2, 0) is 17.6 Å². The predicted molar refractivity (Wildman–Crippen MR) is 113 cm³/mol. The lowest BCUT2D eigenvalue weighted by Crippen LogP contribution is -2.24. The van der Waals surface area contributed by atoms with Crippen molar-refractivity contribution in [3.05, 3.63) is 81.6 Å². The summed E-state index contributed by atoms with van der Waals surface area (Å²) in [6, 6.07) is 16.1. The van der Waals surface area contributed by atoms with Gasteiger partial charge in [-0.15, -0.1) is 0 Å². The Kier molecular flexibility index (Phi) is 5.36. The first-order valence-electron chi connectivity index (χ1n) is 9.89. The number of fused-ring (bicyclic) bond motifs is 1. The van der Waals surface area contributed by atoms with Crippen LogP contribution in [0.4, 0.5) is 0 Å². The van der Waals surface area contributed by atoms with Crippen molar-refractivity contribution in [2.45, 2.75) is 51.0 Å². The summed E-state index contributed by atoms with van der Waals surface area (Å²) in [5.74, 6) is 0.103. The minimum absolute atomic E-state index is 0.0233. The van der Waals surface area contributed by atoms with Crippen LogP contribution in [0.3, 0.4) is 0 Å². The van der Waals surface area contributed by atoms with E-state index in [0.717, 1.165) is 24.1 Å². The summed E-state index contributed by atoms with van der Waals surface area (Å²) >= 11 is 6.09. The predicted octanol–water partition coefficient (Wildman–Crippen LogP) is 5.62. The number of allylic oxidation sites excluding steroid dienone is 2. The fraction of sp³-hybridized carbons (Fsp3) is 0.333. The highest BCUT2D eigenvalue weighted by molar-refractivity contribution is 6.30. The number of nitrogens with zero attached hydrogens (tertiary/aromatic N) is 1. The minimum atomic E-state index is -0.0382. The van der Waals surface area contributed by atoms with Gasteiger partial charge in [-0.3, -0.25) is 9.79 Å². The minimum Gasteiger partial charge on any atom is -0.511 e. The van der Waals surface area contributed by atoms with E-state index in [0.29, 0.717) is 29.9 Å². The number of hydrogen-bond acceptors (Lipinski definition) is 3. The molecule has 1 atom stereocenters. The summed E-state index contributed by atoms with van der Waals surface area (Å²) in [7, 11) is 0. The molecule has 0 fully saturated rings. The van der Waals surface area contributed by atoms with Crippen molar-refractivity contribution < 1.29 is 9.90 Å². The van der Waals surface area contributed by atoms with Crippen molar-refractivity contribution in [2.75, 3.05) is 0 Å². The quantitative estimate of drug-likeness (QED) is 0.685. The molecule has 0 heterocycles. The van der Waals surface area contributed by atoms with E-state index < -0.39 is 0 Å². The molecule has 0 radical (unpaired) electrons. The van der Waals surface area contributed by atoms with Gasteiger partial charge >= 0.3 is 0 Å². The summed E-state index contributed by atoms with van der Waals surface area (Å²) < 4.78 is 0. The number of carbonyl (C=O) groups is 1. The van der Waals surface area contributed by atoms with Crippen LogP contribution in [0.15, 0.2) is 64.9 Å². The number of benzene rings is 2. The summed E-state index contributed by atoms with van der Waals surface area (Å²) in [6.45, 7) is 2.00. The van der Waals surface area contributed by atoms with Gasteiger partial charge in [-0.05, 0) is 54.0 Å². The molecule has 0 saturated heterocycles. The average Bonchev–Trinajstić information content (AvgIpc) is 3.09. The van der Waals surface area contributed by atoms with Gasteiger partial charge in [0.2, 0.25) is 0 Å². The molecule has 0 aliphatic heterocycles. The van der Waals surface area contributed by atoms with Crippen LogP contribution in [-0.4, -0.2) is 22.6 Å². The molecule has 1 N–H and O–H groups in total. The zero-order valence-electron chi connectivity index (χ0n) is 16.0. The van der Waals surface area contributed by atoms with Crippen LogP contribution in [0.2, 0.25) is 5.02 Å². The molecular formula is C24H24ClNO2. The molecule has 0 spiro atoms. The van der Waals surface area contributed by atoms with Crippen molar-refractivity contribution in [1.82, 2.24) is 0 Å². The Morgan fingerprint density at radius 1 is 1.07 bits per heavy atom. The number of halogens is 1. The first-order chi connectivity index (χ1) is 13.5. The summed E-state index contributed by atoms with van der Waals surface area (Å²) in [5, 5.41) is 11.4. The standard InChI is InChI=1S/C24H24ClNO2/c1-2-21(26-20-11-16-6-3-4-7-17(16)12-20)24-22(27)13-18(14-23(24)28)15-8-5-9-19(25)10-15/h3-10,18,20,27H,2,11-14H2,1H3. The monoisotopic (exact) mass is 393 g/mol. The van der Waals surface area contributed by atoms with Gasteiger partial charge in [-0.1, -0.05) is 54.9 Å². The van der Waals surface area contributed by atoms with E-state index in [-0.39, 0.29) is 23.5 Å². The molecule has 0 amide bonds. The third kappa shape index (κ3) is 3.77. The van der Waals surface area contributed by atoms with E-state index >= 15 is 0 Å². The largest absolute Gasteiger partial charge is 0.511 e. The first-order valence-corrected chi connectivity index (χ1v) is 10.3. The van der Waals surface area contributed by atoms with Crippen molar-refractivity contribution in [3.8, 4) is 0 Å². The first kappa shape index (κ1) is 18.9. The van der Waals surface area contributed by atoms with E-state index in [9.17, 15) is 9.90 Å². The molecule has 3 nitrogen and oxygen atoms in total. The number of aliphatic imine (C=N–C) groups is 1. The van der Waals surface area contributed by atoms with Crippen molar-refractivity contribution in [1.29, 1.82) is 0 Å². The number of carbonyl (C=O) groups excluding carboxylic acids is 1. The number of Topliss-reactive ketones (excluding diaryl/α,β-unsaturated/α-hetero) is 1. The Bertz CT molecular complexity index is 951. The van der Waals surface area contributed by atoms with Crippen molar-refractivity contribution in [3.63, 3.8) is 0 Å². The topological polar surface area (TPSA) is 49.7 Å². The normalized spacial score (nSPS) is 20.6. The SMILES string of the molecule is CCC(=NC1Cc2ccccc2C1)C1=C(O)CC(c2cccc(Cl)c2)CC1=O. The lowest BCUT2D eigenvalue weighted by molar-refractivity contribution is -0.116. The maximum atomic E-state index is 12.9. The van der Waals surface area contributed by atoms with Gasteiger partial charge in [0.05, 0.1) is 11.6 Å². The molecule has 4 heteroatoms. The highest BCUT2D eigenvalue weighted by Gasteiger charge is 2.31. The van der Waals surface area contributed by atoms with Gasteiger partial charge in [-0.2, -0.15) is 0 Å². The zero-order chi connectivity index (χ0) is 19.7. The lowest BCUT2D eigenvalue weighted by Gasteiger charge is -2.25. The number of aliphatic hydroxyl groups is 1. The average molecular weight is 394 g/mol. The molecule has 144 valence electrons. The third-order valence-corrected chi connectivity index (χ3v) is 5.99. The second-order valence-corrected chi connectivity index (χ2v) is 8.10. The zero-order valence-corrected chi connectivity index (χ0v) is 16.7. The Morgan fingerprint density at radius 3 is 2.39 bits per heavy atom. The van der Waals surface area contributed by atoms with Crippen LogP contribution < -0.4 is 0 Å². The molecule has 0 saturated carbocycles. The van der Waals surface area contributed by atoms with Gasteiger partial charge in [0, 0.05) is 23.6 Å². The maximum Gasteiger partial charge on any atom is 0.168 e. The van der Waals surface area contributed by atoms with Crippen LogP contribution in [0.1, 0.15) is 48.8 Å². The van der Waals surface area contributed by atoms with Gasteiger partial charge in [-0.25, -0.2) is 0 Å². The Morgan fingerprint density at radius 2 is 1.79 bits per heavy atom. The van der Waals surface area contributed by atoms with E-state index in [1.54, 1.807) is 0 Å². The Balaban J connectivity index is 1.58. The summed E-state index contributed by atoms with van der Waals surface area (Å²) in [6.07, 6.45) is 3.26. The molecule has 2 aromatic carbocycles. The van der Waals surface area contributed by atoms with E-state index in [1.807, 2.05) is 31.2 Å². The number of hydrogen-bond donors (Lipinski definition) is 1. The highest BCUT2D eigenvalue weighted by atomic mass is 35.5. The molecule has 0 aromatic heterocycles. The smallest absolute Gasteiger partial charge is 0.168 e. The van der Waals surface area contributed by atoms with Gasteiger partial charge in [0.15, 0.2) is 5.78 Å². The van der Waals surface area contributed by atoms with E-state index in [1.165, 1.54) is 11.1 Å². The van der Waals surface area contributed by atoms with Crippen LogP contribution in [0, 0.1) is 0 Å². The van der Waals surface area contributed by atoms with Crippen molar-refractivity contribution >= 4 is 23.1 Å². The number of ketones is 1. The fourth-order valence-corrected chi connectivity index (χ4v) is 4.60. The third-order valence-electron chi connectivity index (χ3n) is 5.75. The highest BCUT2D eigenvalue weighted by Crippen LogP contribution is 2.35. The van der Waals surface area contributed by atoms with E-state index in [2.05, 4.69) is 24.3 Å². The maximum absolute atomic E-state index is 12.9. The molecule has 2 aromatic rings. The molecular weight excluding hydrogens is 370 g/mol. The fourth-order valence-electron chi connectivity index (χ4n) is 4.40. The van der Waals surface area contributed by atoms with E-state index in [4.69, 9.17) is 16.6 Å². The molecule has 2 aliphatic carbocycles. The van der Waals surface area contributed by atoms with Gasteiger partial charge in [0.1, 0.15) is 5.76 Å². The lowest BCUT2D eigenvalue weighted by atomic mass is 9.81. The second kappa shape index (κ2) is 7.92. The number of rotatable bonds is 4.